The highest BCUT2D eigenvalue weighted by Gasteiger charge is 2.50. The van der Waals surface area contributed by atoms with E-state index in [0.29, 0.717) is 12.8 Å². The summed E-state index contributed by atoms with van der Waals surface area (Å²) in [5.74, 6) is 0. The van der Waals surface area contributed by atoms with Gasteiger partial charge in [-0.15, -0.1) is 0 Å². The van der Waals surface area contributed by atoms with Gasteiger partial charge in [-0.1, -0.05) is 13.8 Å². The predicted molar refractivity (Wildman–Crippen MR) is 63.1 cm³/mol. The smallest absolute Gasteiger partial charge is 0.211 e. The van der Waals surface area contributed by atoms with Gasteiger partial charge < -0.3 is 0 Å². The van der Waals surface area contributed by atoms with E-state index < -0.39 is 11.2 Å². The zero-order chi connectivity index (χ0) is 13.9. The van der Waals surface area contributed by atoms with Crippen LogP contribution in [-0.4, -0.2) is 29.4 Å². The lowest BCUT2D eigenvalue weighted by molar-refractivity contribution is 0.0955. The molecule has 0 saturated heterocycles. The zero-order valence-electron chi connectivity index (χ0n) is 10.7. The van der Waals surface area contributed by atoms with Crippen LogP contribution in [0, 0.1) is 5.41 Å². The lowest BCUT2D eigenvalue weighted by Crippen LogP contribution is -2.47. The van der Waals surface area contributed by atoms with E-state index >= 15 is 0 Å². The molecule has 0 bridgehead atoms. The van der Waals surface area contributed by atoms with E-state index in [-0.39, 0.29) is 11.8 Å². The Morgan fingerprint density at radius 1 is 0.778 bits per heavy atom. The van der Waals surface area contributed by atoms with E-state index in [9.17, 15) is 14.4 Å². The van der Waals surface area contributed by atoms with Gasteiger partial charge in [-0.3, -0.25) is 0 Å². The molecule has 0 aliphatic heterocycles. The Bertz CT molecular complexity index is 463. The number of hydrogen-bond acceptors (Lipinski definition) is 6. The Kier molecular flexibility index (Phi) is 3.78. The van der Waals surface area contributed by atoms with Gasteiger partial charge in [-0.25, -0.2) is 14.4 Å². The van der Waals surface area contributed by atoms with Crippen molar-refractivity contribution in [1.82, 2.24) is 0 Å². The summed E-state index contributed by atoms with van der Waals surface area (Å²) in [6, 6.07) is 0. The van der Waals surface area contributed by atoms with E-state index in [1.54, 1.807) is 6.92 Å². The first-order valence-electron chi connectivity index (χ1n) is 5.58. The second kappa shape index (κ2) is 4.79. The molecule has 18 heavy (non-hydrogen) atoms. The third-order valence-electron chi connectivity index (χ3n) is 3.11. The molecule has 6 nitrogen and oxygen atoms in total. The fourth-order valence-corrected chi connectivity index (χ4v) is 3.14. The molecule has 0 radical (unpaired) electrons. The summed E-state index contributed by atoms with van der Waals surface area (Å²) in [5.41, 5.74) is -2.24. The minimum atomic E-state index is -1.22. The highest BCUT2D eigenvalue weighted by Crippen LogP contribution is 2.49. The van der Waals surface area contributed by atoms with Crippen LogP contribution < -0.4 is 0 Å². The van der Waals surface area contributed by atoms with Gasteiger partial charge in [0, 0.05) is 6.42 Å². The zero-order valence-corrected chi connectivity index (χ0v) is 10.7. The first-order chi connectivity index (χ1) is 8.30. The van der Waals surface area contributed by atoms with Gasteiger partial charge in [0.25, 0.3) is 0 Å². The Morgan fingerprint density at radius 3 is 1.72 bits per heavy atom. The summed E-state index contributed by atoms with van der Waals surface area (Å²) in [4.78, 5) is 42.7. The normalized spacial score (nSPS) is 33.5. The molecule has 0 N–H and O–H groups in total. The van der Waals surface area contributed by atoms with Gasteiger partial charge in [0.2, 0.25) is 18.2 Å². The first kappa shape index (κ1) is 14.2. The maximum Gasteiger partial charge on any atom is 0.237 e. The summed E-state index contributed by atoms with van der Waals surface area (Å²) < 4.78 is 0. The molecular formula is C12H15N3O3. The maximum atomic E-state index is 10.5. The van der Waals surface area contributed by atoms with Crippen LogP contribution in [0.3, 0.4) is 0 Å². The van der Waals surface area contributed by atoms with Crippen molar-refractivity contribution in [2.45, 2.75) is 51.2 Å². The van der Waals surface area contributed by atoms with Crippen molar-refractivity contribution >= 4 is 18.2 Å². The number of isocyanates is 3. The number of carbonyl (C=O) groups excluding carboxylic acids is 3. The molecule has 0 aromatic carbocycles. The first-order valence-corrected chi connectivity index (χ1v) is 5.58. The predicted octanol–water partition coefficient (Wildman–Crippen LogP) is 1.66. The van der Waals surface area contributed by atoms with Crippen molar-refractivity contribution in [2.24, 2.45) is 20.4 Å². The molecule has 6 heteroatoms. The van der Waals surface area contributed by atoms with Crippen LogP contribution in [0.25, 0.3) is 0 Å². The summed E-state index contributed by atoms with van der Waals surface area (Å²) in [7, 11) is 0. The summed E-state index contributed by atoms with van der Waals surface area (Å²) in [6.07, 6.45) is 5.65. The largest absolute Gasteiger partial charge is 0.237 e. The van der Waals surface area contributed by atoms with Crippen molar-refractivity contribution in [3.63, 3.8) is 0 Å². The minimum absolute atomic E-state index is 0.198. The molecule has 0 heterocycles. The van der Waals surface area contributed by atoms with Crippen molar-refractivity contribution < 1.29 is 14.4 Å². The van der Waals surface area contributed by atoms with E-state index in [0.717, 1.165) is 0 Å². The minimum Gasteiger partial charge on any atom is -0.211 e. The average molecular weight is 249 g/mol. The third kappa shape index (κ3) is 3.08. The van der Waals surface area contributed by atoms with Crippen LogP contribution in [0.15, 0.2) is 15.0 Å². The molecular weight excluding hydrogens is 234 g/mol. The molecule has 1 aliphatic carbocycles. The summed E-state index contributed by atoms with van der Waals surface area (Å²) in [5, 5.41) is 0. The van der Waals surface area contributed by atoms with Crippen LogP contribution in [0.1, 0.15) is 40.0 Å². The molecule has 1 atom stereocenters. The Morgan fingerprint density at radius 2 is 1.28 bits per heavy atom. The standard InChI is InChI=1S/C12H15N3O3/c1-10(2)4-11(3,13-7-16)6-12(5-10,14-8-17)15-9-18/h4-6H2,1-3H3. The molecule has 1 fully saturated rings. The van der Waals surface area contributed by atoms with E-state index in [4.69, 9.17) is 0 Å². The van der Waals surface area contributed by atoms with Crippen molar-refractivity contribution in [2.75, 3.05) is 0 Å². The van der Waals surface area contributed by atoms with Crippen LogP contribution in [0.5, 0.6) is 0 Å². The van der Waals surface area contributed by atoms with Crippen LogP contribution in [0.2, 0.25) is 0 Å². The van der Waals surface area contributed by atoms with E-state index in [1.807, 2.05) is 13.8 Å². The maximum absolute atomic E-state index is 10.5. The molecule has 1 saturated carbocycles. The molecule has 0 spiro atoms. The number of nitrogens with zero attached hydrogens (tertiary/aromatic N) is 3. The van der Waals surface area contributed by atoms with Gasteiger partial charge in [0.15, 0.2) is 5.66 Å². The molecule has 0 amide bonds. The fraction of sp³-hybridized carbons (Fsp3) is 0.750. The van der Waals surface area contributed by atoms with E-state index in [1.165, 1.54) is 18.2 Å². The molecule has 0 aromatic rings. The van der Waals surface area contributed by atoms with Crippen molar-refractivity contribution in [3.8, 4) is 0 Å². The molecule has 96 valence electrons. The van der Waals surface area contributed by atoms with Gasteiger partial charge in [0.05, 0.1) is 5.54 Å². The quantitative estimate of drug-likeness (QED) is 0.562. The Balaban J connectivity index is 3.32. The fourth-order valence-electron chi connectivity index (χ4n) is 3.14. The molecule has 1 aliphatic rings. The molecule has 1 unspecified atom stereocenters. The van der Waals surface area contributed by atoms with Crippen molar-refractivity contribution in [1.29, 1.82) is 0 Å². The molecule has 0 aromatic heterocycles. The van der Waals surface area contributed by atoms with Gasteiger partial charge in [-0.05, 0) is 25.2 Å². The van der Waals surface area contributed by atoms with Gasteiger partial charge >= 0.3 is 0 Å². The second-order valence-corrected chi connectivity index (χ2v) is 5.78. The molecule has 1 rings (SSSR count). The topological polar surface area (TPSA) is 88.3 Å². The third-order valence-corrected chi connectivity index (χ3v) is 3.11. The average Bonchev–Trinajstić information content (AvgIpc) is 2.13. The van der Waals surface area contributed by atoms with Crippen LogP contribution in [0.4, 0.5) is 0 Å². The highest BCUT2D eigenvalue weighted by molar-refractivity contribution is 5.41. The van der Waals surface area contributed by atoms with Crippen LogP contribution in [-0.2, 0) is 14.4 Å². The summed E-state index contributed by atoms with van der Waals surface area (Å²) in [6.45, 7) is 5.65. The Hall–Kier alpha value is -1.86. The lowest BCUT2D eigenvalue weighted by atomic mass is 9.64. The Labute approximate surface area is 105 Å². The second-order valence-electron chi connectivity index (χ2n) is 5.78. The highest BCUT2D eigenvalue weighted by atomic mass is 16.1. The number of hydrogen-bond donors (Lipinski definition) is 0. The van der Waals surface area contributed by atoms with Crippen LogP contribution >= 0.6 is 0 Å². The monoisotopic (exact) mass is 249 g/mol. The van der Waals surface area contributed by atoms with Crippen molar-refractivity contribution in [3.05, 3.63) is 0 Å². The SMILES string of the molecule is CC1(C)CC(C)(N=C=O)CC(N=C=O)(N=C=O)C1. The van der Waals surface area contributed by atoms with Gasteiger partial charge in [0.1, 0.15) is 0 Å². The summed E-state index contributed by atoms with van der Waals surface area (Å²) >= 11 is 0. The van der Waals surface area contributed by atoms with E-state index in [2.05, 4.69) is 15.0 Å². The number of rotatable bonds is 3. The lowest BCUT2D eigenvalue weighted by Gasteiger charge is -2.45. The number of aliphatic imine (C=N–C) groups is 3. The van der Waals surface area contributed by atoms with Gasteiger partial charge in [-0.2, -0.15) is 15.0 Å².